The standard InChI is InChI=1S/C23H24N2O2/c26-23(18-6-2-1-3-7-18)25-14-17-10-11-20(15-25)24(13-17)16-21-12-19-8-4-5-9-22(19)27-21/h1-9,12,17,20H,10-11,13-16H2/t17-,20-/m0/s1. The van der Waals surface area contributed by atoms with Crippen molar-refractivity contribution < 1.29 is 9.21 Å². The van der Waals surface area contributed by atoms with Gasteiger partial charge in [-0.3, -0.25) is 9.69 Å². The van der Waals surface area contributed by atoms with Gasteiger partial charge in [0.1, 0.15) is 11.3 Å². The average molecular weight is 360 g/mol. The third-order valence-electron chi connectivity index (χ3n) is 5.97. The van der Waals surface area contributed by atoms with E-state index >= 15 is 0 Å². The van der Waals surface area contributed by atoms with E-state index in [2.05, 4.69) is 21.9 Å². The van der Waals surface area contributed by atoms with Gasteiger partial charge in [-0.1, -0.05) is 36.4 Å². The van der Waals surface area contributed by atoms with Crippen LogP contribution in [0.1, 0.15) is 29.0 Å². The number of amides is 1. The number of furan rings is 1. The van der Waals surface area contributed by atoms with Crippen molar-refractivity contribution in [2.75, 3.05) is 19.6 Å². The molecule has 2 aromatic carbocycles. The van der Waals surface area contributed by atoms with E-state index in [0.717, 1.165) is 54.9 Å². The molecule has 2 bridgehead atoms. The SMILES string of the molecule is O=C(c1ccccc1)N1C[C@H]2CC[C@@H](C1)N(Cc1cc3ccccc3o1)C2. The van der Waals surface area contributed by atoms with Crippen LogP contribution in [0.25, 0.3) is 11.0 Å². The molecule has 4 heterocycles. The summed E-state index contributed by atoms with van der Waals surface area (Å²) >= 11 is 0. The summed E-state index contributed by atoms with van der Waals surface area (Å²) in [7, 11) is 0. The van der Waals surface area contributed by atoms with Crippen molar-refractivity contribution in [2.45, 2.75) is 25.4 Å². The fraction of sp³-hybridized carbons (Fsp3) is 0.348. The van der Waals surface area contributed by atoms with Gasteiger partial charge >= 0.3 is 0 Å². The quantitative estimate of drug-likeness (QED) is 0.703. The first-order chi connectivity index (χ1) is 13.3. The monoisotopic (exact) mass is 360 g/mol. The highest BCUT2D eigenvalue weighted by Gasteiger charge is 2.36. The van der Waals surface area contributed by atoms with Crippen LogP contribution < -0.4 is 0 Å². The third-order valence-corrected chi connectivity index (χ3v) is 5.97. The molecule has 1 aromatic heterocycles. The van der Waals surface area contributed by atoms with Gasteiger partial charge in [0.05, 0.1) is 6.54 Å². The van der Waals surface area contributed by atoms with E-state index in [9.17, 15) is 4.79 Å². The number of rotatable bonds is 3. The minimum atomic E-state index is 0.165. The topological polar surface area (TPSA) is 36.7 Å². The van der Waals surface area contributed by atoms with E-state index in [1.54, 1.807) is 0 Å². The summed E-state index contributed by atoms with van der Waals surface area (Å²) in [4.78, 5) is 17.5. The van der Waals surface area contributed by atoms with Gasteiger partial charge in [-0.15, -0.1) is 0 Å². The summed E-state index contributed by atoms with van der Waals surface area (Å²) in [5, 5.41) is 1.16. The Morgan fingerprint density at radius 3 is 2.63 bits per heavy atom. The van der Waals surface area contributed by atoms with E-state index in [1.165, 1.54) is 6.42 Å². The van der Waals surface area contributed by atoms with Crippen LogP contribution in [-0.4, -0.2) is 41.4 Å². The number of carbonyl (C=O) groups excluding carboxylic acids is 1. The minimum Gasteiger partial charge on any atom is -0.460 e. The smallest absolute Gasteiger partial charge is 0.253 e. The molecule has 4 nitrogen and oxygen atoms in total. The second kappa shape index (κ2) is 6.86. The Labute approximate surface area is 159 Å². The van der Waals surface area contributed by atoms with E-state index in [0.29, 0.717) is 12.0 Å². The Morgan fingerprint density at radius 2 is 1.78 bits per heavy atom. The molecule has 3 aliphatic rings. The van der Waals surface area contributed by atoms with Gasteiger partial charge in [0.25, 0.3) is 5.91 Å². The molecular weight excluding hydrogens is 336 g/mol. The number of benzene rings is 2. The highest BCUT2D eigenvalue weighted by atomic mass is 16.3. The second-order valence-corrected chi connectivity index (χ2v) is 7.85. The number of carbonyl (C=O) groups is 1. The first-order valence-corrected chi connectivity index (χ1v) is 9.82. The number of hydrogen-bond acceptors (Lipinski definition) is 3. The van der Waals surface area contributed by atoms with Crippen LogP contribution in [0.4, 0.5) is 0 Å². The van der Waals surface area contributed by atoms with Crippen LogP contribution in [0.5, 0.6) is 0 Å². The summed E-state index contributed by atoms with van der Waals surface area (Å²) in [5.74, 6) is 1.73. The number of hydrogen-bond donors (Lipinski definition) is 0. The molecule has 0 saturated carbocycles. The molecule has 1 amide bonds. The summed E-state index contributed by atoms with van der Waals surface area (Å²) in [6, 6.07) is 20.4. The fourth-order valence-electron chi connectivity index (χ4n) is 4.62. The lowest BCUT2D eigenvalue weighted by Gasteiger charge is -2.35. The van der Waals surface area contributed by atoms with Crippen molar-refractivity contribution in [1.82, 2.24) is 9.80 Å². The van der Waals surface area contributed by atoms with E-state index in [-0.39, 0.29) is 5.91 Å². The lowest BCUT2D eigenvalue weighted by atomic mass is 9.95. The van der Waals surface area contributed by atoms with Gasteiger partial charge in [-0.05, 0) is 43.0 Å². The maximum Gasteiger partial charge on any atom is 0.253 e. The van der Waals surface area contributed by atoms with Gasteiger partial charge in [-0.2, -0.15) is 0 Å². The Balaban J connectivity index is 1.34. The van der Waals surface area contributed by atoms with Crippen LogP contribution in [0.15, 0.2) is 65.1 Å². The molecule has 138 valence electrons. The highest BCUT2D eigenvalue weighted by Crippen LogP contribution is 2.31. The lowest BCUT2D eigenvalue weighted by Crippen LogP contribution is -2.43. The van der Waals surface area contributed by atoms with Crippen molar-refractivity contribution in [2.24, 2.45) is 5.92 Å². The predicted octanol–water partition coefficient (Wildman–Crippen LogP) is 4.17. The number of piperidine rings is 1. The van der Waals surface area contributed by atoms with E-state index < -0.39 is 0 Å². The van der Waals surface area contributed by atoms with Gasteiger partial charge in [0.15, 0.2) is 0 Å². The summed E-state index contributed by atoms with van der Waals surface area (Å²) in [6.07, 6.45) is 2.36. The Hall–Kier alpha value is -2.59. The molecule has 0 radical (unpaired) electrons. The molecule has 3 aromatic rings. The summed E-state index contributed by atoms with van der Waals surface area (Å²) < 4.78 is 6.04. The zero-order valence-corrected chi connectivity index (χ0v) is 15.4. The van der Waals surface area contributed by atoms with E-state index in [4.69, 9.17) is 4.42 Å². The predicted molar refractivity (Wildman–Crippen MR) is 105 cm³/mol. The molecule has 0 N–H and O–H groups in total. The lowest BCUT2D eigenvalue weighted by molar-refractivity contribution is 0.0734. The molecule has 6 rings (SSSR count). The second-order valence-electron chi connectivity index (χ2n) is 7.85. The van der Waals surface area contributed by atoms with Crippen molar-refractivity contribution in [3.63, 3.8) is 0 Å². The molecule has 2 atom stereocenters. The molecule has 3 saturated heterocycles. The van der Waals surface area contributed by atoms with Gasteiger partial charge in [0, 0.05) is 36.6 Å². The summed E-state index contributed by atoms with van der Waals surface area (Å²) in [6.45, 7) is 3.54. The zero-order valence-electron chi connectivity index (χ0n) is 15.4. The minimum absolute atomic E-state index is 0.165. The average Bonchev–Trinajstić information content (AvgIpc) is 2.89. The van der Waals surface area contributed by atoms with Crippen LogP contribution in [0, 0.1) is 5.92 Å². The largest absolute Gasteiger partial charge is 0.460 e. The van der Waals surface area contributed by atoms with E-state index in [1.807, 2.05) is 48.5 Å². The molecule has 27 heavy (non-hydrogen) atoms. The molecule has 0 spiro atoms. The third kappa shape index (κ3) is 3.26. The van der Waals surface area contributed by atoms with Gasteiger partial charge < -0.3 is 9.32 Å². The van der Waals surface area contributed by atoms with Gasteiger partial charge in [-0.25, -0.2) is 0 Å². The van der Waals surface area contributed by atoms with Crippen molar-refractivity contribution >= 4 is 16.9 Å². The molecule has 4 heteroatoms. The van der Waals surface area contributed by atoms with Crippen molar-refractivity contribution in [3.8, 4) is 0 Å². The maximum absolute atomic E-state index is 12.9. The number of fused-ring (bicyclic) bond motifs is 5. The normalized spacial score (nSPS) is 22.9. The van der Waals surface area contributed by atoms with Crippen LogP contribution in [-0.2, 0) is 6.54 Å². The summed E-state index contributed by atoms with van der Waals surface area (Å²) in [5.41, 5.74) is 1.75. The first kappa shape index (κ1) is 16.6. The molecule has 3 fully saturated rings. The van der Waals surface area contributed by atoms with Crippen molar-refractivity contribution in [1.29, 1.82) is 0 Å². The first-order valence-electron chi connectivity index (χ1n) is 9.82. The maximum atomic E-state index is 12.9. The van der Waals surface area contributed by atoms with Crippen LogP contribution >= 0.6 is 0 Å². The molecular formula is C23H24N2O2. The van der Waals surface area contributed by atoms with Gasteiger partial charge in [0.2, 0.25) is 0 Å². The number of nitrogens with zero attached hydrogens (tertiary/aromatic N) is 2. The Bertz CT molecular complexity index is 916. The molecule has 0 aliphatic carbocycles. The molecule has 0 unspecified atom stereocenters. The van der Waals surface area contributed by atoms with Crippen LogP contribution in [0.3, 0.4) is 0 Å². The van der Waals surface area contributed by atoms with Crippen molar-refractivity contribution in [3.05, 3.63) is 72.0 Å². The fourth-order valence-corrected chi connectivity index (χ4v) is 4.62. The Morgan fingerprint density at radius 1 is 0.963 bits per heavy atom. The Kier molecular flexibility index (Phi) is 4.21. The molecule has 3 aliphatic heterocycles. The number of para-hydroxylation sites is 1. The van der Waals surface area contributed by atoms with Crippen LogP contribution in [0.2, 0.25) is 0 Å². The zero-order chi connectivity index (χ0) is 18.2. The highest BCUT2D eigenvalue weighted by molar-refractivity contribution is 5.94.